The largest absolute Gasteiger partial charge is 0.463 e. The third-order valence-electron chi connectivity index (χ3n) is 6.03. The van der Waals surface area contributed by atoms with Gasteiger partial charge in [-0.3, -0.25) is 19.5 Å². The van der Waals surface area contributed by atoms with Crippen LogP contribution in [-0.4, -0.2) is 22.1 Å². The highest BCUT2D eigenvalue weighted by atomic mass is 35.5. The summed E-state index contributed by atoms with van der Waals surface area (Å²) < 4.78 is 12.9. The van der Waals surface area contributed by atoms with E-state index >= 15 is 0 Å². The maximum absolute atomic E-state index is 13.7. The van der Waals surface area contributed by atoms with Crippen LogP contribution in [0.4, 0.5) is 5.69 Å². The summed E-state index contributed by atoms with van der Waals surface area (Å²) in [4.78, 5) is 42.3. The first-order valence-electron chi connectivity index (χ1n) is 11.7. The molecule has 1 aliphatic rings. The van der Waals surface area contributed by atoms with Gasteiger partial charge >= 0.3 is 5.97 Å². The molecule has 0 bridgehead atoms. The van der Waals surface area contributed by atoms with Crippen molar-refractivity contribution in [3.05, 3.63) is 117 Å². The van der Waals surface area contributed by atoms with E-state index in [-0.39, 0.29) is 28.4 Å². The summed E-state index contributed by atoms with van der Waals surface area (Å²) in [6.07, 6.45) is 1.56. The maximum Gasteiger partial charge on any atom is 0.338 e. The highest BCUT2D eigenvalue weighted by molar-refractivity contribution is 7.07. The van der Waals surface area contributed by atoms with E-state index in [4.69, 9.17) is 32.4 Å². The molecular formula is C27H19Cl2N3O6S. The Kier molecular flexibility index (Phi) is 7.26. The fourth-order valence-corrected chi connectivity index (χ4v) is 5.64. The van der Waals surface area contributed by atoms with Gasteiger partial charge in [0.1, 0.15) is 11.5 Å². The summed E-state index contributed by atoms with van der Waals surface area (Å²) in [5, 5.41) is 12.0. The first kappa shape index (κ1) is 26.6. The second kappa shape index (κ2) is 10.6. The zero-order valence-corrected chi connectivity index (χ0v) is 22.8. The zero-order valence-electron chi connectivity index (χ0n) is 20.5. The number of allylic oxidation sites excluding steroid dienone is 1. The van der Waals surface area contributed by atoms with Crippen LogP contribution in [0.15, 0.2) is 80.1 Å². The van der Waals surface area contributed by atoms with Gasteiger partial charge in [-0.1, -0.05) is 46.7 Å². The van der Waals surface area contributed by atoms with E-state index in [1.54, 1.807) is 56.3 Å². The number of thiazole rings is 1. The fraction of sp³-hybridized carbons (Fsp3) is 0.148. The third kappa shape index (κ3) is 5.06. The van der Waals surface area contributed by atoms with Gasteiger partial charge in [0.2, 0.25) is 0 Å². The molecule has 0 amide bonds. The standard InChI is InChI=1S/C27H19Cl2N3O6S/c1-3-37-26(34)23-14(2)30-27-31(24(23)15-4-6-16(28)7-5-15)25(33)22(39-27)13-18-9-11-21(38-18)19-12-17(32(35)36)8-10-20(19)29/h4-13,24H,3H2,1-2H3/b22-13-/t24-/m0/s1. The number of esters is 1. The number of hydrogen-bond acceptors (Lipinski definition) is 8. The van der Waals surface area contributed by atoms with Gasteiger partial charge in [-0.15, -0.1) is 0 Å². The molecule has 2 aromatic carbocycles. The summed E-state index contributed by atoms with van der Waals surface area (Å²) >= 11 is 13.5. The molecule has 2 aromatic heterocycles. The molecule has 39 heavy (non-hydrogen) atoms. The highest BCUT2D eigenvalue weighted by Crippen LogP contribution is 2.33. The van der Waals surface area contributed by atoms with Crippen LogP contribution in [0.25, 0.3) is 17.4 Å². The summed E-state index contributed by atoms with van der Waals surface area (Å²) in [5.74, 6) is 0.0851. The Morgan fingerprint density at radius 1 is 1.21 bits per heavy atom. The number of furan rings is 1. The molecule has 0 N–H and O–H groups in total. The van der Waals surface area contributed by atoms with Crippen molar-refractivity contribution in [3.63, 3.8) is 0 Å². The molecule has 1 aliphatic heterocycles. The van der Waals surface area contributed by atoms with E-state index in [0.717, 1.165) is 11.3 Å². The van der Waals surface area contributed by atoms with E-state index < -0.39 is 16.9 Å². The molecule has 198 valence electrons. The maximum atomic E-state index is 13.7. The minimum Gasteiger partial charge on any atom is -0.463 e. The number of rotatable bonds is 6. The molecule has 0 radical (unpaired) electrons. The molecule has 0 saturated carbocycles. The number of hydrogen-bond donors (Lipinski definition) is 0. The molecule has 0 saturated heterocycles. The van der Waals surface area contributed by atoms with Crippen molar-refractivity contribution in [2.75, 3.05) is 6.61 Å². The fourth-order valence-electron chi connectivity index (χ4n) is 4.27. The van der Waals surface area contributed by atoms with Crippen molar-refractivity contribution in [2.45, 2.75) is 19.9 Å². The summed E-state index contributed by atoms with van der Waals surface area (Å²) in [6.45, 7) is 3.58. The minimum absolute atomic E-state index is 0.129. The van der Waals surface area contributed by atoms with E-state index in [0.29, 0.717) is 42.7 Å². The van der Waals surface area contributed by atoms with E-state index in [9.17, 15) is 19.7 Å². The summed E-state index contributed by atoms with van der Waals surface area (Å²) in [7, 11) is 0. The van der Waals surface area contributed by atoms with Crippen molar-refractivity contribution >= 4 is 52.3 Å². The molecule has 0 fully saturated rings. The van der Waals surface area contributed by atoms with Crippen molar-refractivity contribution < 1.29 is 18.9 Å². The monoisotopic (exact) mass is 583 g/mol. The zero-order chi connectivity index (χ0) is 27.8. The summed E-state index contributed by atoms with van der Waals surface area (Å²) in [5.41, 5.74) is 1.23. The van der Waals surface area contributed by atoms with Gasteiger partial charge in [0.25, 0.3) is 11.2 Å². The summed E-state index contributed by atoms with van der Waals surface area (Å²) in [6, 6.07) is 13.4. The van der Waals surface area contributed by atoms with Gasteiger partial charge in [-0.25, -0.2) is 9.79 Å². The SMILES string of the molecule is CCOC(=O)C1=C(C)N=c2s/c(=C\c3ccc(-c4cc([N+](=O)[O-])ccc4Cl)o3)c(=O)n2[C@H]1c1ccc(Cl)cc1. The van der Waals surface area contributed by atoms with Gasteiger partial charge < -0.3 is 9.15 Å². The number of carbonyl (C=O) groups excluding carboxylic acids is 1. The molecule has 3 heterocycles. The second-order valence-electron chi connectivity index (χ2n) is 8.48. The van der Waals surface area contributed by atoms with Gasteiger partial charge in [-0.05, 0) is 49.7 Å². The van der Waals surface area contributed by atoms with Crippen LogP contribution in [-0.2, 0) is 9.53 Å². The van der Waals surface area contributed by atoms with Crippen molar-refractivity contribution in [1.29, 1.82) is 0 Å². The average Bonchev–Trinajstić information content (AvgIpc) is 3.48. The van der Waals surface area contributed by atoms with Gasteiger partial charge in [0.05, 0.1) is 38.4 Å². The molecule has 0 spiro atoms. The van der Waals surface area contributed by atoms with E-state index in [2.05, 4.69) is 4.99 Å². The predicted octanol–water partition coefficient (Wildman–Crippen LogP) is 5.27. The van der Waals surface area contributed by atoms with Crippen LogP contribution < -0.4 is 14.9 Å². The van der Waals surface area contributed by atoms with E-state index in [1.807, 2.05) is 0 Å². The lowest BCUT2D eigenvalue weighted by Gasteiger charge is -2.24. The molecule has 4 aromatic rings. The number of fused-ring (bicyclic) bond motifs is 1. The van der Waals surface area contributed by atoms with Gasteiger partial charge in [-0.2, -0.15) is 0 Å². The number of benzene rings is 2. The Bertz CT molecular complexity index is 1840. The van der Waals surface area contributed by atoms with Crippen LogP contribution in [0.3, 0.4) is 0 Å². The highest BCUT2D eigenvalue weighted by Gasteiger charge is 2.33. The third-order valence-corrected chi connectivity index (χ3v) is 7.59. The number of nitrogens with zero attached hydrogens (tertiary/aromatic N) is 3. The average molecular weight is 584 g/mol. The van der Waals surface area contributed by atoms with Crippen molar-refractivity contribution in [2.24, 2.45) is 4.99 Å². The quantitative estimate of drug-likeness (QED) is 0.173. The topological polar surface area (TPSA) is 117 Å². The first-order valence-corrected chi connectivity index (χ1v) is 13.2. The molecule has 5 rings (SSSR count). The minimum atomic E-state index is -0.768. The number of aromatic nitrogens is 1. The molecule has 0 unspecified atom stereocenters. The van der Waals surface area contributed by atoms with Gasteiger partial charge in [0, 0.05) is 28.8 Å². The Labute approximate surface area is 235 Å². The Balaban J connectivity index is 1.62. The van der Waals surface area contributed by atoms with Gasteiger partial charge in [0.15, 0.2) is 4.80 Å². The first-order chi connectivity index (χ1) is 18.7. The van der Waals surface area contributed by atoms with Crippen LogP contribution in [0, 0.1) is 10.1 Å². The Hall–Kier alpha value is -3.99. The van der Waals surface area contributed by atoms with Crippen molar-refractivity contribution in [3.8, 4) is 11.3 Å². The Morgan fingerprint density at radius 3 is 2.64 bits per heavy atom. The van der Waals surface area contributed by atoms with Crippen LogP contribution >= 0.6 is 34.5 Å². The van der Waals surface area contributed by atoms with Crippen LogP contribution in [0.1, 0.15) is 31.2 Å². The number of non-ortho nitro benzene ring substituents is 1. The smallest absolute Gasteiger partial charge is 0.338 e. The number of nitro benzene ring substituents is 1. The Morgan fingerprint density at radius 2 is 1.95 bits per heavy atom. The number of nitro groups is 1. The predicted molar refractivity (Wildman–Crippen MR) is 148 cm³/mol. The number of halogens is 2. The van der Waals surface area contributed by atoms with E-state index in [1.165, 1.54) is 22.8 Å². The molecular weight excluding hydrogens is 565 g/mol. The molecule has 1 atom stereocenters. The van der Waals surface area contributed by atoms with Crippen LogP contribution in [0.2, 0.25) is 10.0 Å². The second-order valence-corrected chi connectivity index (χ2v) is 10.3. The molecule has 0 aliphatic carbocycles. The lowest BCUT2D eigenvalue weighted by Crippen LogP contribution is -2.39. The molecule has 12 heteroatoms. The van der Waals surface area contributed by atoms with Crippen molar-refractivity contribution in [1.82, 2.24) is 4.57 Å². The van der Waals surface area contributed by atoms with Crippen LogP contribution in [0.5, 0.6) is 0 Å². The molecule has 9 nitrogen and oxygen atoms in total. The lowest BCUT2D eigenvalue weighted by molar-refractivity contribution is -0.384. The normalized spacial score (nSPS) is 15.2. The number of carbonyl (C=O) groups is 1. The lowest BCUT2D eigenvalue weighted by atomic mass is 9.96. The number of ether oxygens (including phenoxy) is 1.